The van der Waals surface area contributed by atoms with Gasteiger partial charge in [0.25, 0.3) is 0 Å². The predicted molar refractivity (Wildman–Crippen MR) is 75.1 cm³/mol. The van der Waals surface area contributed by atoms with Gasteiger partial charge in [-0.05, 0) is 45.4 Å². The van der Waals surface area contributed by atoms with Gasteiger partial charge in [0.1, 0.15) is 5.76 Å². The van der Waals surface area contributed by atoms with Gasteiger partial charge >= 0.3 is 0 Å². The zero-order valence-corrected chi connectivity index (χ0v) is 12.3. The lowest BCUT2D eigenvalue weighted by Gasteiger charge is -2.20. The molecule has 0 saturated carbocycles. The predicted octanol–water partition coefficient (Wildman–Crippen LogP) is 4.59. The van der Waals surface area contributed by atoms with Crippen molar-refractivity contribution in [1.29, 1.82) is 0 Å². The Morgan fingerprint density at radius 3 is 2.71 bits per heavy atom. The molecule has 0 aliphatic carbocycles. The summed E-state index contributed by atoms with van der Waals surface area (Å²) in [4.78, 5) is 1.38. The lowest BCUT2D eigenvalue weighted by Crippen LogP contribution is -2.24. The zero-order valence-electron chi connectivity index (χ0n) is 9.94. The quantitative estimate of drug-likeness (QED) is 0.873. The molecule has 2 nitrogen and oxygen atoms in total. The van der Waals surface area contributed by atoms with Crippen LogP contribution in [0.25, 0.3) is 0 Å². The maximum atomic E-state index is 5.49. The second-order valence-electron chi connectivity index (χ2n) is 4.32. The van der Waals surface area contributed by atoms with Gasteiger partial charge in [-0.15, -0.1) is 11.3 Å². The number of nitrogens with one attached hydrogen (secondary N) is 1. The largest absolute Gasteiger partial charge is 0.453 e. The van der Waals surface area contributed by atoms with Crippen molar-refractivity contribution in [3.8, 4) is 0 Å². The van der Waals surface area contributed by atoms with E-state index in [2.05, 4.69) is 52.6 Å². The Hall–Kier alpha value is -0.580. The van der Waals surface area contributed by atoms with Gasteiger partial charge in [0.2, 0.25) is 0 Å². The Morgan fingerprint density at radius 1 is 1.35 bits per heavy atom. The highest BCUT2D eigenvalue weighted by Crippen LogP contribution is 2.26. The van der Waals surface area contributed by atoms with Crippen LogP contribution in [0.2, 0.25) is 0 Å². The highest BCUT2D eigenvalue weighted by atomic mass is 79.9. The molecule has 1 atom stereocenters. The zero-order chi connectivity index (χ0) is 12.3. The van der Waals surface area contributed by atoms with Crippen LogP contribution in [0.3, 0.4) is 0 Å². The second-order valence-corrected chi connectivity index (χ2v) is 6.08. The summed E-state index contributed by atoms with van der Waals surface area (Å²) in [6.45, 7) is 5.22. The van der Waals surface area contributed by atoms with Gasteiger partial charge in [0.05, 0.1) is 6.54 Å². The Labute approximate surface area is 114 Å². The lowest BCUT2D eigenvalue weighted by atomic mass is 10.0. The fourth-order valence-corrected chi connectivity index (χ4v) is 3.10. The summed E-state index contributed by atoms with van der Waals surface area (Å²) in [5.74, 6) is 1.52. The molecule has 0 amide bonds. The van der Waals surface area contributed by atoms with E-state index in [0.717, 1.165) is 17.0 Å². The Balaban J connectivity index is 1.99. The van der Waals surface area contributed by atoms with Crippen molar-refractivity contribution in [2.45, 2.75) is 26.4 Å². The molecule has 0 aliphatic rings. The van der Waals surface area contributed by atoms with E-state index in [1.165, 1.54) is 4.88 Å². The number of halogens is 1. The number of hydrogen-bond donors (Lipinski definition) is 1. The fraction of sp³-hybridized carbons (Fsp3) is 0.385. The highest BCUT2D eigenvalue weighted by molar-refractivity contribution is 9.10. The standard InChI is InChI=1S/C13H16BrNOS/c1-9(2)13(11-4-3-7-17-11)15-8-10-5-6-12(14)16-10/h3-7,9,13,15H,8H2,1-2H3. The van der Waals surface area contributed by atoms with Gasteiger partial charge in [-0.3, -0.25) is 0 Å². The van der Waals surface area contributed by atoms with Crippen LogP contribution in [0.1, 0.15) is 30.5 Å². The van der Waals surface area contributed by atoms with Gasteiger partial charge in [0.15, 0.2) is 4.67 Å². The van der Waals surface area contributed by atoms with Gasteiger partial charge < -0.3 is 9.73 Å². The van der Waals surface area contributed by atoms with Crippen LogP contribution in [0.4, 0.5) is 0 Å². The van der Waals surface area contributed by atoms with E-state index in [1.54, 1.807) is 11.3 Å². The summed E-state index contributed by atoms with van der Waals surface area (Å²) in [7, 11) is 0. The van der Waals surface area contributed by atoms with E-state index in [9.17, 15) is 0 Å². The molecular weight excluding hydrogens is 298 g/mol. The van der Waals surface area contributed by atoms with Gasteiger partial charge in [-0.2, -0.15) is 0 Å². The first-order chi connectivity index (χ1) is 8.16. The average Bonchev–Trinajstić information content (AvgIpc) is 2.90. The minimum atomic E-state index is 0.388. The summed E-state index contributed by atoms with van der Waals surface area (Å²) in [5.41, 5.74) is 0. The molecule has 1 unspecified atom stereocenters. The maximum absolute atomic E-state index is 5.49. The molecule has 2 rings (SSSR count). The SMILES string of the molecule is CC(C)C(NCc1ccc(Br)o1)c1cccs1. The molecule has 2 aromatic rings. The van der Waals surface area contributed by atoms with Crippen LogP contribution in [0.15, 0.2) is 38.7 Å². The first kappa shape index (κ1) is 12.9. The molecule has 0 aromatic carbocycles. The smallest absolute Gasteiger partial charge is 0.169 e. The molecule has 4 heteroatoms. The summed E-state index contributed by atoms with van der Waals surface area (Å²) in [6.07, 6.45) is 0. The molecule has 2 aromatic heterocycles. The first-order valence-electron chi connectivity index (χ1n) is 5.68. The molecule has 0 fully saturated rings. The van der Waals surface area contributed by atoms with Crippen molar-refractivity contribution in [2.75, 3.05) is 0 Å². The fourth-order valence-electron chi connectivity index (χ4n) is 1.79. The average molecular weight is 314 g/mol. The van der Waals surface area contributed by atoms with Crippen molar-refractivity contribution in [3.05, 3.63) is 45.0 Å². The number of furan rings is 1. The van der Waals surface area contributed by atoms with E-state index >= 15 is 0 Å². The Morgan fingerprint density at radius 2 is 2.18 bits per heavy atom. The van der Waals surface area contributed by atoms with Crippen molar-refractivity contribution in [3.63, 3.8) is 0 Å². The molecule has 0 bridgehead atoms. The van der Waals surface area contributed by atoms with E-state index in [-0.39, 0.29) is 0 Å². The van der Waals surface area contributed by atoms with E-state index < -0.39 is 0 Å². The minimum Gasteiger partial charge on any atom is -0.453 e. The van der Waals surface area contributed by atoms with E-state index in [1.807, 2.05) is 12.1 Å². The first-order valence-corrected chi connectivity index (χ1v) is 7.35. The number of rotatable bonds is 5. The summed E-state index contributed by atoms with van der Waals surface area (Å²) in [5, 5.41) is 5.67. The van der Waals surface area contributed by atoms with Crippen LogP contribution in [-0.2, 0) is 6.54 Å². The van der Waals surface area contributed by atoms with Crippen LogP contribution in [-0.4, -0.2) is 0 Å². The van der Waals surface area contributed by atoms with Crippen LogP contribution < -0.4 is 5.32 Å². The van der Waals surface area contributed by atoms with Crippen LogP contribution >= 0.6 is 27.3 Å². The molecular formula is C13H16BrNOS. The Bertz CT molecular complexity index is 450. The molecule has 1 N–H and O–H groups in total. The highest BCUT2D eigenvalue weighted by Gasteiger charge is 2.16. The van der Waals surface area contributed by atoms with Crippen LogP contribution in [0.5, 0.6) is 0 Å². The Kier molecular flexibility index (Phi) is 4.42. The molecule has 0 saturated heterocycles. The summed E-state index contributed by atoms with van der Waals surface area (Å²) < 4.78 is 6.27. The molecule has 2 heterocycles. The van der Waals surface area contributed by atoms with Gasteiger partial charge in [-0.25, -0.2) is 0 Å². The molecule has 0 radical (unpaired) electrons. The van der Waals surface area contributed by atoms with Crippen molar-refractivity contribution in [1.82, 2.24) is 5.32 Å². The van der Waals surface area contributed by atoms with Gasteiger partial charge in [0, 0.05) is 10.9 Å². The third-order valence-corrected chi connectivity index (χ3v) is 4.02. The van der Waals surface area contributed by atoms with E-state index in [4.69, 9.17) is 4.42 Å². The van der Waals surface area contributed by atoms with Gasteiger partial charge in [-0.1, -0.05) is 19.9 Å². The second kappa shape index (κ2) is 5.85. The molecule has 17 heavy (non-hydrogen) atoms. The third kappa shape index (κ3) is 3.44. The number of hydrogen-bond acceptors (Lipinski definition) is 3. The monoisotopic (exact) mass is 313 g/mol. The van der Waals surface area contributed by atoms with Crippen molar-refractivity contribution in [2.24, 2.45) is 5.92 Å². The molecule has 0 aliphatic heterocycles. The maximum Gasteiger partial charge on any atom is 0.169 e. The van der Waals surface area contributed by atoms with Crippen molar-refractivity contribution >= 4 is 27.3 Å². The summed E-state index contributed by atoms with van der Waals surface area (Å²) >= 11 is 5.11. The lowest BCUT2D eigenvalue weighted by molar-refractivity contribution is 0.384. The normalized spacial score (nSPS) is 13.2. The van der Waals surface area contributed by atoms with Crippen LogP contribution in [0, 0.1) is 5.92 Å². The number of thiophene rings is 1. The summed E-state index contributed by atoms with van der Waals surface area (Å²) in [6, 6.07) is 8.58. The van der Waals surface area contributed by atoms with E-state index in [0.29, 0.717) is 12.0 Å². The molecule has 92 valence electrons. The minimum absolute atomic E-state index is 0.388. The third-order valence-electron chi connectivity index (χ3n) is 2.64. The topological polar surface area (TPSA) is 25.2 Å². The molecule has 0 spiro atoms. The van der Waals surface area contributed by atoms with Crippen molar-refractivity contribution < 1.29 is 4.42 Å².